The van der Waals surface area contributed by atoms with E-state index in [1.807, 2.05) is 18.2 Å². The lowest BCUT2D eigenvalue weighted by molar-refractivity contribution is -0.187. The quantitative estimate of drug-likeness (QED) is 0.718. The summed E-state index contributed by atoms with van der Waals surface area (Å²) in [6, 6.07) is 7.86. The Bertz CT molecular complexity index is 971. The van der Waals surface area contributed by atoms with Gasteiger partial charge in [-0.2, -0.15) is 9.61 Å². The molecule has 0 saturated carbocycles. The number of nitrogens with zero attached hydrogens (tertiary/aromatic N) is 4. The molecular formula is C19H22N4O4S. The molecule has 9 heteroatoms. The van der Waals surface area contributed by atoms with Crippen molar-refractivity contribution in [2.24, 2.45) is 0 Å². The topological polar surface area (TPSA) is 81.4 Å². The number of aromatic hydroxyl groups is 1. The van der Waals surface area contributed by atoms with Crippen molar-refractivity contribution in [1.29, 1.82) is 0 Å². The first-order valence-electron chi connectivity index (χ1n) is 9.36. The van der Waals surface area contributed by atoms with Crippen LogP contribution in [0.5, 0.6) is 11.6 Å². The zero-order chi connectivity index (χ0) is 19.1. The number of likely N-dealkylation sites (tertiary alicyclic amines) is 1. The number of aromatic nitrogens is 3. The van der Waals surface area contributed by atoms with E-state index in [1.165, 1.54) is 22.2 Å². The van der Waals surface area contributed by atoms with Crippen LogP contribution in [0.15, 0.2) is 30.6 Å². The maximum Gasteiger partial charge on any atom is 0.230 e. The highest BCUT2D eigenvalue weighted by atomic mass is 32.1. The van der Waals surface area contributed by atoms with Crippen LogP contribution in [0, 0.1) is 0 Å². The van der Waals surface area contributed by atoms with E-state index in [0.717, 1.165) is 42.1 Å². The van der Waals surface area contributed by atoms with Gasteiger partial charge >= 0.3 is 0 Å². The van der Waals surface area contributed by atoms with Crippen molar-refractivity contribution in [3.63, 3.8) is 0 Å². The second-order valence-corrected chi connectivity index (χ2v) is 8.08. The van der Waals surface area contributed by atoms with Gasteiger partial charge in [-0.25, -0.2) is 4.98 Å². The summed E-state index contributed by atoms with van der Waals surface area (Å²) in [5.74, 6) is 0.486. The molecule has 8 nitrogen and oxygen atoms in total. The minimum atomic E-state index is -0.441. The lowest BCUT2D eigenvalue weighted by Gasteiger charge is -2.41. The summed E-state index contributed by atoms with van der Waals surface area (Å²) in [6.45, 7) is 2.92. The largest absolute Gasteiger partial charge is 0.497 e. The molecular weight excluding hydrogens is 380 g/mol. The fraction of sp³-hybridized carbons (Fsp3) is 0.474. The third-order valence-electron chi connectivity index (χ3n) is 5.54. The third-order valence-corrected chi connectivity index (χ3v) is 6.62. The first kappa shape index (κ1) is 17.9. The molecule has 0 radical (unpaired) electrons. The zero-order valence-corrected chi connectivity index (χ0v) is 16.4. The smallest absolute Gasteiger partial charge is 0.230 e. The van der Waals surface area contributed by atoms with Crippen molar-refractivity contribution in [3.8, 4) is 11.6 Å². The summed E-state index contributed by atoms with van der Waals surface area (Å²) in [6.07, 6.45) is 3.05. The third kappa shape index (κ3) is 2.95. The number of hydrogen-bond donors (Lipinski definition) is 1. The Morgan fingerprint density at radius 1 is 1.25 bits per heavy atom. The lowest BCUT2D eigenvalue weighted by Crippen LogP contribution is -2.46. The molecule has 0 amide bonds. The molecule has 0 bridgehead atoms. The van der Waals surface area contributed by atoms with Crippen molar-refractivity contribution < 1.29 is 19.3 Å². The van der Waals surface area contributed by atoms with Crippen LogP contribution in [0.3, 0.4) is 0 Å². The average molecular weight is 402 g/mol. The molecule has 1 unspecified atom stereocenters. The Balaban J connectivity index is 1.53. The monoisotopic (exact) mass is 402 g/mol. The number of hydrogen-bond acceptors (Lipinski definition) is 8. The van der Waals surface area contributed by atoms with Crippen LogP contribution in [0.1, 0.15) is 29.3 Å². The molecule has 0 aliphatic carbocycles. The second-order valence-electron chi connectivity index (χ2n) is 7.07. The molecule has 148 valence electrons. The number of benzene rings is 1. The highest BCUT2D eigenvalue weighted by Gasteiger charge is 2.42. The summed E-state index contributed by atoms with van der Waals surface area (Å²) in [4.78, 5) is 8.10. The van der Waals surface area contributed by atoms with Gasteiger partial charge in [0.05, 0.1) is 31.2 Å². The van der Waals surface area contributed by atoms with Crippen LogP contribution in [0.2, 0.25) is 0 Å². The van der Waals surface area contributed by atoms with Gasteiger partial charge in [-0.15, -0.1) is 0 Å². The van der Waals surface area contributed by atoms with Crippen LogP contribution >= 0.6 is 11.3 Å². The molecule has 1 N–H and O–H groups in total. The summed E-state index contributed by atoms with van der Waals surface area (Å²) in [5.41, 5.74) is 1.06. The summed E-state index contributed by atoms with van der Waals surface area (Å²) >= 11 is 1.46. The van der Waals surface area contributed by atoms with Crippen LogP contribution in [0.4, 0.5) is 0 Å². The average Bonchev–Trinajstić information content (AvgIpc) is 3.44. The summed E-state index contributed by atoms with van der Waals surface area (Å²) in [5, 5.41) is 15.0. The molecule has 2 aromatic heterocycles. The number of piperidine rings is 1. The Kier molecular flexibility index (Phi) is 4.47. The number of ether oxygens (including phenoxy) is 3. The van der Waals surface area contributed by atoms with E-state index < -0.39 is 5.79 Å². The minimum absolute atomic E-state index is 0.123. The first-order chi connectivity index (χ1) is 13.7. The predicted molar refractivity (Wildman–Crippen MR) is 103 cm³/mol. The van der Waals surface area contributed by atoms with E-state index in [-0.39, 0.29) is 11.9 Å². The van der Waals surface area contributed by atoms with Gasteiger partial charge in [-0.1, -0.05) is 23.5 Å². The number of fused-ring (bicyclic) bond motifs is 1. The first-order valence-corrected chi connectivity index (χ1v) is 10.2. The van der Waals surface area contributed by atoms with Gasteiger partial charge in [0.15, 0.2) is 5.79 Å². The molecule has 1 spiro atoms. The molecule has 1 atom stereocenters. The normalized spacial score (nSPS) is 20.8. The zero-order valence-electron chi connectivity index (χ0n) is 15.6. The van der Waals surface area contributed by atoms with E-state index in [4.69, 9.17) is 14.2 Å². The van der Waals surface area contributed by atoms with E-state index in [2.05, 4.69) is 21.0 Å². The Hall–Kier alpha value is -2.20. The number of rotatable bonds is 4. The van der Waals surface area contributed by atoms with Gasteiger partial charge in [0.2, 0.25) is 10.8 Å². The maximum atomic E-state index is 10.8. The van der Waals surface area contributed by atoms with Crippen molar-refractivity contribution in [2.75, 3.05) is 33.4 Å². The Morgan fingerprint density at radius 2 is 2.04 bits per heavy atom. The molecule has 2 aliphatic heterocycles. The van der Waals surface area contributed by atoms with Gasteiger partial charge in [0, 0.05) is 25.9 Å². The molecule has 4 heterocycles. The predicted octanol–water partition coefficient (Wildman–Crippen LogP) is 2.43. The van der Waals surface area contributed by atoms with Gasteiger partial charge in [-0.05, 0) is 17.7 Å². The van der Waals surface area contributed by atoms with Gasteiger partial charge in [-0.3, -0.25) is 4.90 Å². The van der Waals surface area contributed by atoms with Gasteiger partial charge in [0.25, 0.3) is 0 Å². The second kappa shape index (κ2) is 7.00. The molecule has 2 aliphatic rings. The molecule has 5 rings (SSSR count). The summed E-state index contributed by atoms with van der Waals surface area (Å²) in [7, 11) is 1.66. The minimum Gasteiger partial charge on any atom is -0.497 e. The summed E-state index contributed by atoms with van der Waals surface area (Å²) < 4.78 is 18.7. The highest BCUT2D eigenvalue weighted by molar-refractivity contribution is 7.17. The standard InChI is InChI=1S/C19H22N4O4S/c1-25-14-4-2-3-13(11-14)15(16-17(24)23-18(28-16)20-12-21-23)22-7-5-19(6-8-22)26-9-10-27-19/h2-4,11-12,15,24H,5-10H2,1H3. The van der Waals surface area contributed by atoms with Crippen LogP contribution in [-0.4, -0.2) is 63.8 Å². The van der Waals surface area contributed by atoms with Crippen molar-refractivity contribution in [2.45, 2.75) is 24.7 Å². The molecule has 2 saturated heterocycles. The van der Waals surface area contributed by atoms with E-state index in [9.17, 15) is 5.11 Å². The number of methoxy groups -OCH3 is 1. The number of thiazole rings is 1. The Labute approximate surface area is 166 Å². The molecule has 28 heavy (non-hydrogen) atoms. The SMILES string of the molecule is COc1cccc(C(c2sc3ncnn3c2O)N2CCC3(CC2)OCCO3)c1. The lowest BCUT2D eigenvalue weighted by atomic mass is 9.97. The molecule has 1 aromatic carbocycles. The van der Waals surface area contributed by atoms with Crippen molar-refractivity contribution in [1.82, 2.24) is 19.5 Å². The fourth-order valence-corrected chi connectivity index (χ4v) is 5.21. The fourth-order valence-electron chi connectivity index (χ4n) is 4.12. The Morgan fingerprint density at radius 3 is 2.75 bits per heavy atom. The van der Waals surface area contributed by atoms with Crippen LogP contribution in [-0.2, 0) is 9.47 Å². The van der Waals surface area contributed by atoms with E-state index in [1.54, 1.807) is 7.11 Å². The highest BCUT2D eigenvalue weighted by Crippen LogP contribution is 2.43. The van der Waals surface area contributed by atoms with Crippen LogP contribution < -0.4 is 4.74 Å². The van der Waals surface area contributed by atoms with Crippen LogP contribution in [0.25, 0.3) is 4.96 Å². The van der Waals surface area contributed by atoms with E-state index in [0.29, 0.717) is 18.2 Å². The van der Waals surface area contributed by atoms with E-state index >= 15 is 0 Å². The molecule has 2 fully saturated rings. The van der Waals surface area contributed by atoms with Crippen molar-refractivity contribution in [3.05, 3.63) is 41.0 Å². The van der Waals surface area contributed by atoms with Crippen molar-refractivity contribution >= 4 is 16.3 Å². The molecule has 3 aromatic rings. The van der Waals surface area contributed by atoms with Gasteiger partial charge in [0.1, 0.15) is 12.1 Å². The van der Waals surface area contributed by atoms with Gasteiger partial charge < -0.3 is 19.3 Å². The maximum absolute atomic E-state index is 10.8.